The second-order valence-electron chi connectivity index (χ2n) is 2.75. The van der Waals surface area contributed by atoms with Crippen LogP contribution in [0.4, 0.5) is 5.69 Å². The molecule has 1 aromatic heterocycles. The van der Waals surface area contributed by atoms with Gasteiger partial charge in [0.1, 0.15) is 0 Å². The number of rotatable bonds is 0. The number of pyridine rings is 1. The van der Waals surface area contributed by atoms with Crippen LogP contribution in [0.1, 0.15) is 0 Å². The number of benzene rings is 1. The lowest BCUT2D eigenvalue weighted by molar-refractivity contribution is 1.31. The van der Waals surface area contributed by atoms with Crippen LogP contribution in [0.3, 0.4) is 0 Å². The summed E-state index contributed by atoms with van der Waals surface area (Å²) >= 11 is 3.36. The first-order chi connectivity index (χ1) is 6.18. The van der Waals surface area contributed by atoms with Crippen molar-refractivity contribution in [3.05, 3.63) is 39.1 Å². The third-order valence-corrected chi connectivity index (χ3v) is 2.75. The summed E-state index contributed by atoms with van der Waals surface area (Å²) < 4.78 is 0.821. The van der Waals surface area contributed by atoms with Crippen molar-refractivity contribution in [2.45, 2.75) is 0 Å². The third kappa shape index (κ3) is 1.33. The summed E-state index contributed by atoms with van der Waals surface area (Å²) in [5.41, 5.74) is 7.03. The molecule has 0 aliphatic rings. The van der Waals surface area contributed by atoms with Crippen molar-refractivity contribution < 1.29 is 0 Å². The van der Waals surface area contributed by atoms with E-state index in [1.807, 2.05) is 0 Å². The quantitative estimate of drug-likeness (QED) is 0.689. The van der Waals surface area contributed by atoms with E-state index >= 15 is 0 Å². The minimum absolute atomic E-state index is 0.107. The number of aromatic amines is 1. The summed E-state index contributed by atoms with van der Waals surface area (Å²) in [6.45, 7) is 0. The minimum atomic E-state index is -0.107. The maximum atomic E-state index is 11.0. The number of H-pyrrole nitrogens is 1. The number of nitrogen functional groups attached to an aromatic ring is 1. The zero-order chi connectivity index (χ0) is 9.42. The van der Waals surface area contributed by atoms with Gasteiger partial charge >= 0.3 is 0 Å². The van der Waals surface area contributed by atoms with Crippen molar-refractivity contribution in [3.63, 3.8) is 0 Å². The first-order valence-electron chi connectivity index (χ1n) is 3.75. The number of hydrogen-bond donors (Lipinski definition) is 2. The van der Waals surface area contributed by atoms with Gasteiger partial charge in [-0.1, -0.05) is 0 Å². The molecule has 0 bridgehead atoms. The molecule has 66 valence electrons. The Hall–Kier alpha value is -1.29. The van der Waals surface area contributed by atoms with Gasteiger partial charge in [0.2, 0.25) is 5.56 Å². The summed E-state index contributed by atoms with van der Waals surface area (Å²) in [5, 5.41) is 0.916. The zero-order valence-electron chi connectivity index (χ0n) is 6.67. The molecule has 1 aromatic carbocycles. The van der Waals surface area contributed by atoms with E-state index in [4.69, 9.17) is 5.73 Å². The first-order valence-corrected chi connectivity index (χ1v) is 4.55. The van der Waals surface area contributed by atoms with Crippen molar-refractivity contribution in [2.75, 3.05) is 5.73 Å². The maximum Gasteiger partial charge on any atom is 0.248 e. The smallest absolute Gasteiger partial charge is 0.248 e. The van der Waals surface area contributed by atoms with Crippen LogP contribution in [-0.4, -0.2) is 4.98 Å². The first kappa shape index (κ1) is 8.31. The number of nitrogens with two attached hydrogens (primary N) is 1. The van der Waals surface area contributed by atoms with Gasteiger partial charge in [-0.2, -0.15) is 0 Å². The second-order valence-corrected chi connectivity index (χ2v) is 3.55. The highest BCUT2D eigenvalue weighted by Crippen LogP contribution is 2.27. The number of halogens is 1. The predicted molar refractivity (Wildman–Crippen MR) is 56.7 cm³/mol. The van der Waals surface area contributed by atoms with Crippen molar-refractivity contribution in [1.82, 2.24) is 4.98 Å². The lowest BCUT2D eigenvalue weighted by Crippen LogP contribution is -2.02. The number of hydrogen-bond acceptors (Lipinski definition) is 2. The lowest BCUT2D eigenvalue weighted by Gasteiger charge is -2.02. The van der Waals surface area contributed by atoms with E-state index in [2.05, 4.69) is 20.9 Å². The molecule has 4 heteroatoms. The van der Waals surface area contributed by atoms with Gasteiger partial charge < -0.3 is 10.7 Å². The molecule has 1 heterocycles. The van der Waals surface area contributed by atoms with Crippen LogP contribution in [0.2, 0.25) is 0 Å². The maximum absolute atomic E-state index is 11.0. The molecule has 0 atom stereocenters. The van der Waals surface area contributed by atoms with Gasteiger partial charge in [-0.15, -0.1) is 0 Å². The van der Waals surface area contributed by atoms with Gasteiger partial charge in [0.15, 0.2) is 0 Å². The van der Waals surface area contributed by atoms with Crippen molar-refractivity contribution >= 4 is 32.5 Å². The minimum Gasteiger partial charge on any atom is -0.398 e. The van der Waals surface area contributed by atoms with E-state index in [0.717, 1.165) is 15.4 Å². The molecule has 3 N–H and O–H groups in total. The van der Waals surface area contributed by atoms with Crippen molar-refractivity contribution in [3.8, 4) is 0 Å². The Kier molecular flexibility index (Phi) is 1.84. The molecule has 2 rings (SSSR count). The van der Waals surface area contributed by atoms with Crippen LogP contribution in [-0.2, 0) is 0 Å². The molecule has 0 saturated carbocycles. The molecule has 0 unspecified atom stereocenters. The fraction of sp³-hybridized carbons (Fsp3) is 0. The monoisotopic (exact) mass is 238 g/mol. The topological polar surface area (TPSA) is 58.9 Å². The van der Waals surface area contributed by atoms with Crippen LogP contribution < -0.4 is 11.3 Å². The largest absolute Gasteiger partial charge is 0.398 e. The van der Waals surface area contributed by atoms with Gasteiger partial charge in [-0.05, 0) is 34.1 Å². The van der Waals surface area contributed by atoms with Crippen molar-refractivity contribution in [2.24, 2.45) is 0 Å². The van der Waals surface area contributed by atoms with Gasteiger partial charge in [0, 0.05) is 27.1 Å². The van der Waals surface area contributed by atoms with Crippen LogP contribution >= 0.6 is 15.9 Å². The summed E-state index contributed by atoms with van der Waals surface area (Å²) in [5.74, 6) is 0. The highest BCUT2D eigenvalue weighted by Gasteiger charge is 2.01. The van der Waals surface area contributed by atoms with Gasteiger partial charge in [-0.25, -0.2) is 0 Å². The summed E-state index contributed by atoms with van der Waals surface area (Å²) in [4.78, 5) is 13.7. The molecule has 0 amide bonds. The summed E-state index contributed by atoms with van der Waals surface area (Å²) in [6, 6.07) is 6.76. The summed E-state index contributed by atoms with van der Waals surface area (Å²) in [6.07, 6.45) is 0. The van der Waals surface area contributed by atoms with Crippen LogP contribution in [0.5, 0.6) is 0 Å². The molecule has 13 heavy (non-hydrogen) atoms. The molecule has 0 aliphatic carbocycles. The number of fused-ring (bicyclic) bond motifs is 1. The van der Waals surface area contributed by atoms with Gasteiger partial charge in [0.25, 0.3) is 0 Å². The number of aromatic nitrogens is 1. The van der Waals surface area contributed by atoms with E-state index in [1.165, 1.54) is 6.07 Å². The van der Waals surface area contributed by atoms with E-state index in [9.17, 15) is 4.79 Å². The molecule has 0 saturated heterocycles. The van der Waals surface area contributed by atoms with Crippen LogP contribution in [0, 0.1) is 0 Å². The standard InChI is InChI=1S/C9H7BrN2O/c10-9-5-1-4-8(13)12-7(5)3-2-6(9)11/h1-4H,11H2,(H,12,13). The molecule has 3 nitrogen and oxygen atoms in total. The SMILES string of the molecule is Nc1ccc2[nH]c(=O)ccc2c1Br. The van der Waals surface area contributed by atoms with E-state index in [1.54, 1.807) is 18.2 Å². The van der Waals surface area contributed by atoms with Crippen LogP contribution in [0.25, 0.3) is 10.9 Å². The number of nitrogens with one attached hydrogen (secondary N) is 1. The molecular weight excluding hydrogens is 232 g/mol. The predicted octanol–water partition coefficient (Wildman–Crippen LogP) is 1.87. The Labute approximate surface area is 82.7 Å². The van der Waals surface area contributed by atoms with Gasteiger partial charge in [0.05, 0.1) is 0 Å². The van der Waals surface area contributed by atoms with Gasteiger partial charge in [-0.3, -0.25) is 4.79 Å². The molecular formula is C9H7BrN2O. The summed E-state index contributed by atoms with van der Waals surface area (Å²) in [7, 11) is 0. The Balaban J connectivity index is 2.95. The Morgan fingerprint density at radius 3 is 2.77 bits per heavy atom. The lowest BCUT2D eigenvalue weighted by atomic mass is 10.2. The van der Waals surface area contributed by atoms with Crippen LogP contribution in [0.15, 0.2) is 33.5 Å². The van der Waals surface area contributed by atoms with Crippen molar-refractivity contribution in [1.29, 1.82) is 0 Å². The highest BCUT2D eigenvalue weighted by atomic mass is 79.9. The fourth-order valence-electron chi connectivity index (χ4n) is 1.22. The molecule has 0 spiro atoms. The Bertz CT molecular complexity index is 518. The number of anilines is 1. The third-order valence-electron chi connectivity index (χ3n) is 1.87. The molecule has 0 radical (unpaired) electrons. The average Bonchev–Trinajstić information content (AvgIpc) is 2.12. The fourth-order valence-corrected chi connectivity index (χ4v) is 1.69. The van der Waals surface area contributed by atoms with E-state index < -0.39 is 0 Å². The normalized spacial score (nSPS) is 10.5. The zero-order valence-corrected chi connectivity index (χ0v) is 8.26. The molecule has 0 aliphatic heterocycles. The highest BCUT2D eigenvalue weighted by molar-refractivity contribution is 9.10. The Morgan fingerprint density at radius 1 is 1.23 bits per heavy atom. The molecule has 2 aromatic rings. The Morgan fingerprint density at radius 2 is 2.00 bits per heavy atom. The van der Waals surface area contributed by atoms with E-state index in [0.29, 0.717) is 5.69 Å². The average molecular weight is 239 g/mol. The second kappa shape index (κ2) is 2.88. The van der Waals surface area contributed by atoms with E-state index in [-0.39, 0.29) is 5.56 Å². The molecule has 0 fully saturated rings.